The van der Waals surface area contributed by atoms with E-state index in [1.165, 1.54) is 19.3 Å². The zero-order valence-electron chi connectivity index (χ0n) is 15.1. The Kier molecular flexibility index (Phi) is 9.18. The Bertz CT molecular complexity index is 413. The third-order valence-electron chi connectivity index (χ3n) is 5.06. The summed E-state index contributed by atoms with van der Waals surface area (Å²) in [6.07, 6.45) is 6.81. The van der Waals surface area contributed by atoms with Gasteiger partial charge in [-0.15, -0.1) is 24.0 Å². The summed E-state index contributed by atoms with van der Waals surface area (Å²) in [5.74, 6) is 0.184. The maximum absolute atomic E-state index is 6.11. The molecule has 2 saturated heterocycles. The highest BCUT2D eigenvalue weighted by Gasteiger charge is 2.41. The van der Waals surface area contributed by atoms with Gasteiger partial charge in [-0.2, -0.15) is 0 Å². The molecule has 0 radical (unpaired) electrons. The molecule has 0 aromatic carbocycles. The number of rotatable bonds is 6. The summed E-state index contributed by atoms with van der Waals surface area (Å²) in [6, 6.07) is 0. The molecule has 2 aliphatic heterocycles. The predicted octanol–water partition coefficient (Wildman–Crippen LogP) is 1.31. The lowest BCUT2D eigenvalue weighted by Gasteiger charge is -2.31. The highest BCUT2D eigenvalue weighted by atomic mass is 127. The van der Waals surface area contributed by atoms with Crippen molar-refractivity contribution in [3.8, 4) is 0 Å². The molecule has 7 nitrogen and oxygen atoms in total. The molecule has 3 rings (SSSR count). The van der Waals surface area contributed by atoms with E-state index in [-0.39, 0.29) is 35.9 Å². The molecule has 1 unspecified atom stereocenters. The molecule has 0 aromatic heterocycles. The van der Waals surface area contributed by atoms with Crippen LogP contribution in [0.5, 0.6) is 0 Å². The first kappa shape index (κ1) is 21.1. The van der Waals surface area contributed by atoms with Crippen LogP contribution in [0.2, 0.25) is 0 Å². The quantitative estimate of drug-likeness (QED) is 0.265. The summed E-state index contributed by atoms with van der Waals surface area (Å²) < 4.78 is 17.4. The van der Waals surface area contributed by atoms with Gasteiger partial charge in [-0.05, 0) is 25.8 Å². The summed E-state index contributed by atoms with van der Waals surface area (Å²) in [7, 11) is 0. The molecule has 8 heteroatoms. The van der Waals surface area contributed by atoms with Crippen LogP contribution in [-0.2, 0) is 14.2 Å². The van der Waals surface area contributed by atoms with Crippen LogP contribution in [0.25, 0.3) is 0 Å². The average Bonchev–Trinajstić information content (AvgIpc) is 3.01. The molecule has 0 bridgehead atoms. The van der Waals surface area contributed by atoms with E-state index in [0.717, 1.165) is 58.7 Å². The summed E-state index contributed by atoms with van der Waals surface area (Å²) in [4.78, 5) is 6.84. The number of halogens is 1. The molecule has 2 heterocycles. The number of hydrogen-bond donors (Lipinski definition) is 2. The van der Waals surface area contributed by atoms with E-state index < -0.39 is 0 Å². The number of ether oxygens (including phenoxy) is 3. The van der Waals surface area contributed by atoms with Crippen LogP contribution in [-0.4, -0.2) is 75.3 Å². The second-order valence-corrected chi connectivity index (χ2v) is 6.98. The Hall–Kier alpha value is -0.160. The van der Waals surface area contributed by atoms with Crippen molar-refractivity contribution in [2.45, 2.75) is 50.4 Å². The lowest BCUT2D eigenvalue weighted by atomic mass is 9.94. The van der Waals surface area contributed by atoms with Crippen molar-refractivity contribution in [1.82, 2.24) is 10.2 Å². The number of morpholine rings is 1. The number of nitrogens with zero attached hydrogens (tertiary/aromatic N) is 2. The van der Waals surface area contributed by atoms with E-state index in [2.05, 4.69) is 15.2 Å². The molecule has 1 aliphatic carbocycles. The summed E-state index contributed by atoms with van der Waals surface area (Å²) in [5, 5.41) is 3.19. The summed E-state index contributed by atoms with van der Waals surface area (Å²) in [6.45, 7) is 6.89. The van der Waals surface area contributed by atoms with Crippen LogP contribution >= 0.6 is 24.0 Å². The van der Waals surface area contributed by atoms with Gasteiger partial charge in [-0.1, -0.05) is 6.42 Å². The third-order valence-corrected chi connectivity index (χ3v) is 5.06. The molecular weight excluding hydrogens is 435 g/mol. The fourth-order valence-corrected chi connectivity index (χ4v) is 3.66. The smallest absolute Gasteiger partial charge is 0.188 e. The van der Waals surface area contributed by atoms with Gasteiger partial charge in [0.15, 0.2) is 11.7 Å². The largest absolute Gasteiger partial charge is 0.379 e. The molecule has 0 aromatic rings. The molecule has 3 N–H and O–H groups in total. The monoisotopic (exact) mass is 468 g/mol. The lowest BCUT2D eigenvalue weighted by molar-refractivity contribution is -0.186. The van der Waals surface area contributed by atoms with Crippen LogP contribution in [0.1, 0.15) is 38.5 Å². The summed E-state index contributed by atoms with van der Waals surface area (Å²) in [5.41, 5.74) is 5.95. The maximum atomic E-state index is 6.11. The number of nitrogens with two attached hydrogens (primary N) is 1. The van der Waals surface area contributed by atoms with Crippen molar-refractivity contribution in [3.63, 3.8) is 0 Å². The topological polar surface area (TPSA) is 81.3 Å². The van der Waals surface area contributed by atoms with Gasteiger partial charge in [0.25, 0.3) is 0 Å². The van der Waals surface area contributed by atoms with Gasteiger partial charge in [-0.3, -0.25) is 9.89 Å². The number of nitrogens with one attached hydrogen (secondary N) is 1. The van der Waals surface area contributed by atoms with E-state index in [1.54, 1.807) is 0 Å². The summed E-state index contributed by atoms with van der Waals surface area (Å²) >= 11 is 0. The van der Waals surface area contributed by atoms with Crippen molar-refractivity contribution in [2.24, 2.45) is 10.7 Å². The molecule has 1 saturated carbocycles. The molecule has 25 heavy (non-hydrogen) atoms. The minimum absolute atomic E-state index is 0. The van der Waals surface area contributed by atoms with Gasteiger partial charge in [-0.25, -0.2) is 0 Å². The van der Waals surface area contributed by atoms with Gasteiger partial charge < -0.3 is 25.3 Å². The molecule has 0 amide bonds. The molecule has 3 fully saturated rings. The van der Waals surface area contributed by atoms with E-state index in [4.69, 9.17) is 19.9 Å². The normalized spacial score (nSPS) is 27.2. The van der Waals surface area contributed by atoms with Crippen molar-refractivity contribution < 1.29 is 14.2 Å². The van der Waals surface area contributed by atoms with E-state index in [9.17, 15) is 0 Å². The van der Waals surface area contributed by atoms with Gasteiger partial charge in [0, 0.05) is 32.5 Å². The lowest BCUT2D eigenvalue weighted by Crippen LogP contribution is -2.39. The van der Waals surface area contributed by atoms with E-state index >= 15 is 0 Å². The highest BCUT2D eigenvalue weighted by Crippen LogP contribution is 2.37. The average molecular weight is 468 g/mol. The van der Waals surface area contributed by atoms with Gasteiger partial charge >= 0.3 is 0 Å². The first-order valence-corrected chi connectivity index (χ1v) is 9.41. The number of aliphatic imine (C=N–C) groups is 1. The van der Waals surface area contributed by atoms with Gasteiger partial charge in [0.2, 0.25) is 0 Å². The van der Waals surface area contributed by atoms with Crippen molar-refractivity contribution >= 4 is 29.9 Å². The standard InChI is InChI=1S/C17H32N4O3.HI/c18-16(19-7-4-8-21-9-11-22-12-10-21)20-13-15-14-23-17(24-15)5-2-1-3-6-17;/h15H,1-14H2,(H3,18,19,20);1H. The fraction of sp³-hybridized carbons (Fsp3) is 0.941. The van der Waals surface area contributed by atoms with Crippen LogP contribution in [0.3, 0.4) is 0 Å². The van der Waals surface area contributed by atoms with Gasteiger partial charge in [0.05, 0.1) is 26.4 Å². The Morgan fingerprint density at radius 3 is 2.72 bits per heavy atom. The third kappa shape index (κ3) is 6.82. The molecule has 1 spiro atoms. The van der Waals surface area contributed by atoms with E-state index in [1.807, 2.05) is 0 Å². The number of hydrogen-bond acceptors (Lipinski definition) is 5. The molecule has 3 aliphatic rings. The van der Waals surface area contributed by atoms with E-state index in [0.29, 0.717) is 19.1 Å². The van der Waals surface area contributed by atoms with Gasteiger partial charge in [0.1, 0.15) is 6.10 Å². The molecule has 1 atom stereocenters. The van der Waals surface area contributed by atoms with Crippen molar-refractivity contribution in [2.75, 3.05) is 52.5 Å². The van der Waals surface area contributed by atoms with Crippen LogP contribution in [0.15, 0.2) is 4.99 Å². The minimum Gasteiger partial charge on any atom is -0.379 e. The van der Waals surface area contributed by atoms with Crippen molar-refractivity contribution in [1.29, 1.82) is 0 Å². The first-order chi connectivity index (χ1) is 11.8. The highest BCUT2D eigenvalue weighted by molar-refractivity contribution is 14.0. The Labute approximate surface area is 168 Å². The maximum Gasteiger partial charge on any atom is 0.188 e. The Morgan fingerprint density at radius 2 is 1.96 bits per heavy atom. The van der Waals surface area contributed by atoms with Crippen LogP contribution in [0.4, 0.5) is 0 Å². The second-order valence-electron chi connectivity index (χ2n) is 6.98. The van der Waals surface area contributed by atoms with Crippen LogP contribution in [0, 0.1) is 0 Å². The number of guanidine groups is 1. The zero-order valence-corrected chi connectivity index (χ0v) is 17.4. The second kappa shape index (κ2) is 10.9. The van der Waals surface area contributed by atoms with Crippen molar-refractivity contribution in [3.05, 3.63) is 0 Å². The van der Waals surface area contributed by atoms with Crippen LogP contribution < -0.4 is 11.1 Å². The molecular formula is C17H33IN4O3. The predicted molar refractivity (Wildman–Crippen MR) is 108 cm³/mol. The zero-order chi connectivity index (χ0) is 16.7. The SMILES string of the molecule is I.NC(=NCC1COC2(CCCCC2)O1)NCCCN1CCOCC1. The first-order valence-electron chi connectivity index (χ1n) is 9.41. The fourth-order valence-electron chi connectivity index (χ4n) is 3.66. The Morgan fingerprint density at radius 1 is 1.20 bits per heavy atom. The Balaban J connectivity index is 0.00000225. The minimum atomic E-state index is -0.321. The molecule has 146 valence electrons.